The molecule has 0 fully saturated rings. The highest BCUT2D eigenvalue weighted by molar-refractivity contribution is 6.32. The van der Waals surface area contributed by atoms with Crippen LogP contribution in [0.4, 0.5) is 5.69 Å². The van der Waals surface area contributed by atoms with E-state index in [0.717, 1.165) is 11.1 Å². The first-order valence-electron chi connectivity index (χ1n) is 5.04. The van der Waals surface area contributed by atoms with Gasteiger partial charge in [-0.3, -0.25) is 0 Å². The molecule has 0 aliphatic rings. The van der Waals surface area contributed by atoms with Gasteiger partial charge in [-0.15, -0.1) is 0 Å². The molecule has 2 aromatic rings. The second kappa shape index (κ2) is 4.86. The van der Waals surface area contributed by atoms with Crippen molar-refractivity contribution in [1.29, 1.82) is 0 Å². The summed E-state index contributed by atoms with van der Waals surface area (Å²) in [5.41, 5.74) is 8.43. The first kappa shape index (κ1) is 10.8. The highest BCUT2D eigenvalue weighted by Gasteiger charge is 1.96. The maximum Gasteiger partial charge on any atom is 0.0498 e. The molecule has 80 valence electrons. The molecule has 0 aliphatic heterocycles. The van der Waals surface area contributed by atoms with Crippen molar-refractivity contribution in [2.24, 2.45) is 0 Å². The lowest BCUT2D eigenvalue weighted by Gasteiger charge is -1.99. The summed E-state index contributed by atoms with van der Waals surface area (Å²) in [4.78, 5) is 0. The summed E-state index contributed by atoms with van der Waals surface area (Å²) in [5.74, 6) is 0. The van der Waals surface area contributed by atoms with E-state index in [4.69, 9.17) is 17.3 Å². The topological polar surface area (TPSA) is 26.0 Å². The lowest BCUT2D eigenvalue weighted by atomic mass is 10.1. The molecule has 2 N–H and O–H groups in total. The van der Waals surface area contributed by atoms with Gasteiger partial charge in [-0.2, -0.15) is 0 Å². The summed E-state index contributed by atoms with van der Waals surface area (Å²) >= 11 is 6.06. The molecule has 0 heterocycles. The first-order valence-corrected chi connectivity index (χ1v) is 5.42. The second-order valence-corrected chi connectivity index (χ2v) is 3.93. The Bertz CT molecular complexity index is 503. The van der Waals surface area contributed by atoms with Crippen molar-refractivity contribution in [3.05, 3.63) is 64.7 Å². The predicted octanol–water partition coefficient (Wildman–Crippen LogP) is 4.09. The molecule has 0 radical (unpaired) electrons. The van der Waals surface area contributed by atoms with E-state index in [0.29, 0.717) is 10.7 Å². The van der Waals surface area contributed by atoms with Gasteiger partial charge in [0.15, 0.2) is 0 Å². The van der Waals surface area contributed by atoms with Crippen LogP contribution in [0.2, 0.25) is 5.02 Å². The Hall–Kier alpha value is -1.73. The van der Waals surface area contributed by atoms with Crippen molar-refractivity contribution in [2.75, 3.05) is 5.73 Å². The summed E-state index contributed by atoms with van der Waals surface area (Å²) in [7, 11) is 0. The van der Waals surface area contributed by atoms with Crippen molar-refractivity contribution in [2.45, 2.75) is 0 Å². The highest BCUT2D eigenvalue weighted by Crippen LogP contribution is 2.21. The van der Waals surface area contributed by atoms with Crippen molar-refractivity contribution in [3.63, 3.8) is 0 Å². The molecule has 2 heteroatoms. The van der Waals surface area contributed by atoms with Gasteiger partial charge in [-0.05, 0) is 23.3 Å². The number of nitrogen functional groups attached to an aromatic ring is 1. The van der Waals surface area contributed by atoms with Crippen LogP contribution in [0.15, 0.2) is 48.5 Å². The number of benzene rings is 2. The number of hydrogen-bond acceptors (Lipinski definition) is 1. The zero-order valence-corrected chi connectivity index (χ0v) is 9.48. The van der Waals surface area contributed by atoms with Crippen molar-refractivity contribution in [1.82, 2.24) is 0 Å². The van der Waals surface area contributed by atoms with Crippen molar-refractivity contribution in [3.8, 4) is 0 Å². The summed E-state index contributed by atoms with van der Waals surface area (Å²) in [6.07, 6.45) is 4.01. The van der Waals surface area contributed by atoms with Gasteiger partial charge in [-0.1, -0.05) is 60.2 Å². The van der Waals surface area contributed by atoms with E-state index in [1.54, 1.807) is 6.07 Å². The molecule has 0 atom stereocenters. The van der Waals surface area contributed by atoms with Gasteiger partial charge < -0.3 is 5.73 Å². The Labute approximate surface area is 100 Å². The lowest BCUT2D eigenvalue weighted by molar-refractivity contribution is 1.63. The standard InChI is InChI=1S/C14H12ClN/c15-14-10-13(16)9-8-12(14)7-6-11-4-2-1-3-5-11/h1-10H,16H2. The van der Waals surface area contributed by atoms with Gasteiger partial charge in [-0.25, -0.2) is 0 Å². The molecule has 1 nitrogen and oxygen atoms in total. The van der Waals surface area contributed by atoms with E-state index >= 15 is 0 Å². The van der Waals surface area contributed by atoms with Crippen LogP contribution in [-0.4, -0.2) is 0 Å². The van der Waals surface area contributed by atoms with Gasteiger partial charge in [0, 0.05) is 10.7 Å². The molecule has 0 bridgehead atoms. The Morgan fingerprint density at radius 2 is 1.69 bits per heavy atom. The molecule has 2 rings (SSSR count). The van der Waals surface area contributed by atoms with Crippen molar-refractivity contribution < 1.29 is 0 Å². The van der Waals surface area contributed by atoms with Crippen LogP contribution in [0.3, 0.4) is 0 Å². The van der Waals surface area contributed by atoms with Crippen LogP contribution in [0.25, 0.3) is 12.2 Å². The van der Waals surface area contributed by atoms with Gasteiger partial charge in [0.05, 0.1) is 0 Å². The number of rotatable bonds is 2. The molecule has 0 amide bonds. The van der Waals surface area contributed by atoms with Gasteiger partial charge >= 0.3 is 0 Å². The molecule has 2 aromatic carbocycles. The van der Waals surface area contributed by atoms with Crippen LogP contribution in [0.1, 0.15) is 11.1 Å². The molecule has 0 saturated carbocycles. The summed E-state index contributed by atoms with van der Waals surface area (Å²) in [6, 6.07) is 15.6. The Kier molecular flexibility index (Phi) is 3.28. The fourth-order valence-corrected chi connectivity index (χ4v) is 1.68. The average molecular weight is 230 g/mol. The maximum atomic E-state index is 6.06. The first-order chi connectivity index (χ1) is 7.75. The summed E-state index contributed by atoms with van der Waals surface area (Å²) < 4.78 is 0. The monoisotopic (exact) mass is 229 g/mol. The van der Waals surface area contributed by atoms with E-state index in [2.05, 4.69) is 0 Å². The molecule has 0 aromatic heterocycles. The lowest BCUT2D eigenvalue weighted by Crippen LogP contribution is -1.84. The Morgan fingerprint density at radius 3 is 2.38 bits per heavy atom. The third-order valence-corrected chi connectivity index (χ3v) is 2.61. The summed E-state index contributed by atoms with van der Waals surface area (Å²) in [5, 5.41) is 0.673. The van der Waals surface area contributed by atoms with Crippen LogP contribution in [0.5, 0.6) is 0 Å². The molecule has 0 saturated heterocycles. The quantitative estimate of drug-likeness (QED) is 0.609. The zero-order valence-electron chi connectivity index (χ0n) is 8.73. The smallest absolute Gasteiger partial charge is 0.0498 e. The van der Waals surface area contributed by atoms with Crippen LogP contribution < -0.4 is 5.73 Å². The Morgan fingerprint density at radius 1 is 0.938 bits per heavy atom. The largest absolute Gasteiger partial charge is 0.399 e. The number of halogens is 1. The fraction of sp³-hybridized carbons (Fsp3) is 0. The average Bonchev–Trinajstić information content (AvgIpc) is 2.29. The van der Waals surface area contributed by atoms with Crippen LogP contribution in [0, 0.1) is 0 Å². The van der Waals surface area contributed by atoms with Gasteiger partial charge in [0.25, 0.3) is 0 Å². The van der Waals surface area contributed by atoms with E-state index in [1.165, 1.54) is 0 Å². The number of anilines is 1. The molecule has 16 heavy (non-hydrogen) atoms. The van der Waals surface area contributed by atoms with E-state index in [9.17, 15) is 0 Å². The molecule has 0 spiro atoms. The van der Waals surface area contributed by atoms with Crippen LogP contribution >= 0.6 is 11.6 Å². The van der Waals surface area contributed by atoms with Gasteiger partial charge in [0.1, 0.15) is 0 Å². The third-order valence-electron chi connectivity index (χ3n) is 2.28. The molecular formula is C14H12ClN. The molecule has 0 unspecified atom stereocenters. The minimum atomic E-state index is 0.673. The van der Waals surface area contributed by atoms with E-state index in [1.807, 2.05) is 54.6 Å². The van der Waals surface area contributed by atoms with Crippen molar-refractivity contribution >= 4 is 29.4 Å². The minimum absolute atomic E-state index is 0.673. The predicted molar refractivity (Wildman–Crippen MR) is 71.2 cm³/mol. The molecule has 0 aliphatic carbocycles. The maximum absolute atomic E-state index is 6.06. The summed E-state index contributed by atoms with van der Waals surface area (Å²) in [6.45, 7) is 0. The number of hydrogen-bond donors (Lipinski definition) is 1. The normalized spacial score (nSPS) is 10.8. The molecular weight excluding hydrogens is 218 g/mol. The fourth-order valence-electron chi connectivity index (χ4n) is 1.43. The van der Waals surface area contributed by atoms with Crippen LogP contribution in [-0.2, 0) is 0 Å². The van der Waals surface area contributed by atoms with E-state index < -0.39 is 0 Å². The highest BCUT2D eigenvalue weighted by atomic mass is 35.5. The second-order valence-electron chi connectivity index (χ2n) is 3.52. The van der Waals surface area contributed by atoms with E-state index in [-0.39, 0.29) is 0 Å². The zero-order chi connectivity index (χ0) is 11.4. The number of nitrogens with two attached hydrogens (primary N) is 1. The SMILES string of the molecule is Nc1ccc(C=Cc2ccccc2)c(Cl)c1. The Balaban J connectivity index is 2.24. The minimum Gasteiger partial charge on any atom is -0.399 e. The van der Waals surface area contributed by atoms with Gasteiger partial charge in [0.2, 0.25) is 0 Å². The third kappa shape index (κ3) is 2.65.